The minimum absolute atomic E-state index is 0.421. The summed E-state index contributed by atoms with van der Waals surface area (Å²) in [5, 5.41) is 17.0. The second kappa shape index (κ2) is 7.76. The first kappa shape index (κ1) is 19.7. The van der Waals surface area contributed by atoms with Crippen LogP contribution in [0.3, 0.4) is 0 Å². The Morgan fingerprint density at radius 2 is 1.71 bits per heavy atom. The molecule has 0 amide bonds. The molecule has 154 valence electrons. The Labute approximate surface area is 188 Å². The van der Waals surface area contributed by atoms with Crippen molar-refractivity contribution in [1.82, 2.24) is 24.8 Å². The molecule has 6 nitrogen and oxygen atoms in total. The molecular formula is C23H19ClN6S. The van der Waals surface area contributed by atoms with Crippen molar-refractivity contribution in [3.8, 4) is 33.1 Å². The van der Waals surface area contributed by atoms with Gasteiger partial charge in [-0.2, -0.15) is 9.61 Å². The highest BCUT2D eigenvalue weighted by Gasteiger charge is 2.21. The lowest BCUT2D eigenvalue weighted by atomic mass is 10.0. The monoisotopic (exact) mass is 446 g/mol. The van der Waals surface area contributed by atoms with Gasteiger partial charge >= 0.3 is 0 Å². The van der Waals surface area contributed by atoms with Crippen molar-refractivity contribution in [2.45, 2.75) is 20.3 Å². The molecule has 0 aliphatic heterocycles. The van der Waals surface area contributed by atoms with Crippen LogP contribution in [0.5, 0.6) is 0 Å². The van der Waals surface area contributed by atoms with Crippen LogP contribution >= 0.6 is 22.9 Å². The van der Waals surface area contributed by atoms with E-state index in [1.165, 1.54) is 16.9 Å². The summed E-state index contributed by atoms with van der Waals surface area (Å²) in [7, 11) is 0. The number of rotatable bonds is 4. The van der Waals surface area contributed by atoms with Crippen LogP contribution in [0.2, 0.25) is 5.02 Å². The average molecular weight is 447 g/mol. The van der Waals surface area contributed by atoms with Crippen LogP contribution in [-0.4, -0.2) is 24.8 Å². The highest BCUT2D eigenvalue weighted by atomic mass is 35.5. The van der Waals surface area contributed by atoms with Crippen molar-refractivity contribution in [1.29, 1.82) is 0 Å². The molecule has 0 radical (unpaired) electrons. The molecule has 0 unspecified atom stereocenters. The number of nitrogens with two attached hydrogens (primary N) is 1. The van der Waals surface area contributed by atoms with Gasteiger partial charge in [0.2, 0.25) is 0 Å². The van der Waals surface area contributed by atoms with Gasteiger partial charge in [-0.15, -0.1) is 21.5 Å². The molecule has 3 heterocycles. The van der Waals surface area contributed by atoms with Crippen molar-refractivity contribution < 1.29 is 0 Å². The molecule has 8 heteroatoms. The molecule has 0 atom stereocenters. The van der Waals surface area contributed by atoms with E-state index in [9.17, 15) is 0 Å². The Kier molecular flexibility index (Phi) is 4.92. The number of nitrogen functional groups attached to an aromatic ring is 1. The zero-order chi connectivity index (χ0) is 21.5. The summed E-state index contributed by atoms with van der Waals surface area (Å²) in [6, 6.07) is 15.9. The highest BCUT2D eigenvalue weighted by Crippen LogP contribution is 2.34. The van der Waals surface area contributed by atoms with Gasteiger partial charge in [-0.1, -0.05) is 60.5 Å². The van der Waals surface area contributed by atoms with Crippen molar-refractivity contribution in [2.75, 3.05) is 5.73 Å². The summed E-state index contributed by atoms with van der Waals surface area (Å²) >= 11 is 7.55. The largest absolute Gasteiger partial charge is 0.382 e. The highest BCUT2D eigenvalue weighted by molar-refractivity contribution is 7.13. The summed E-state index contributed by atoms with van der Waals surface area (Å²) in [6.45, 7) is 4.12. The molecule has 0 spiro atoms. The number of nitrogens with zero attached hydrogens (tertiary/aromatic N) is 5. The Balaban J connectivity index is 1.61. The van der Waals surface area contributed by atoms with Crippen molar-refractivity contribution >= 4 is 34.4 Å². The van der Waals surface area contributed by atoms with Gasteiger partial charge in [0.1, 0.15) is 5.01 Å². The van der Waals surface area contributed by atoms with Gasteiger partial charge in [-0.25, -0.2) is 4.98 Å². The maximum Gasteiger partial charge on any atom is 0.187 e. The minimum atomic E-state index is 0.421. The fourth-order valence-electron chi connectivity index (χ4n) is 3.51. The van der Waals surface area contributed by atoms with Crippen LogP contribution in [0, 0.1) is 6.92 Å². The fraction of sp³-hybridized carbons (Fsp3) is 0.130. The Morgan fingerprint density at radius 1 is 1.00 bits per heavy atom. The number of halogens is 1. The second-order valence-corrected chi connectivity index (χ2v) is 8.55. The Morgan fingerprint density at radius 3 is 2.42 bits per heavy atom. The molecular weight excluding hydrogens is 428 g/mol. The molecule has 5 rings (SSSR count). The van der Waals surface area contributed by atoms with Crippen LogP contribution < -0.4 is 5.73 Å². The number of benzene rings is 2. The third-order valence-electron chi connectivity index (χ3n) is 5.17. The Bertz CT molecular complexity index is 1390. The maximum atomic E-state index is 6.50. The fourth-order valence-corrected chi connectivity index (χ4v) is 4.46. The van der Waals surface area contributed by atoms with Crippen LogP contribution in [-0.2, 0) is 6.42 Å². The summed E-state index contributed by atoms with van der Waals surface area (Å²) < 4.78 is 1.66. The van der Waals surface area contributed by atoms with E-state index in [1.54, 1.807) is 4.52 Å². The van der Waals surface area contributed by atoms with Crippen LogP contribution in [0.1, 0.15) is 18.2 Å². The molecule has 31 heavy (non-hydrogen) atoms. The van der Waals surface area contributed by atoms with E-state index in [2.05, 4.69) is 48.3 Å². The van der Waals surface area contributed by atoms with Gasteiger partial charge in [-0.3, -0.25) is 0 Å². The van der Waals surface area contributed by atoms with E-state index in [0.717, 1.165) is 34.5 Å². The van der Waals surface area contributed by atoms with Gasteiger partial charge in [0.15, 0.2) is 17.2 Å². The van der Waals surface area contributed by atoms with E-state index in [-0.39, 0.29) is 0 Å². The lowest BCUT2D eigenvalue weighted by Crippen LogP contribution is -2.05. The summed E-state index contributed by atoms with van der Waals surface area (Å²) in [5.41, 5.74) is 13.6. The molecule has 5 aromatic rings. The number of anilines is 1. The molecule has 0 saturated heterocycles. The second-order valence-electron chi connectivity index (χ2n) is 7.26. The molecule has 0 aliphatic carbocycles. The molecule has 0 fully saturated rings. The molecule has 2 aromatic carbocycles. The number of aryl methyl sites for hydroxylation is 2. The number of thiazole rings is 1. The zero-order valence-corrected chi connectivity index (χ0v) is 18.6. The summed E-state index contributed by atoms with van der Waals surface area (Å²) in [6.07, 6.45) is 0.741. The molecule has 2 N–H and O–H groups in total. The van der Waals surface area contributed by atoms with Crippen LogP contribution in [0.4, 0.5) is 5.82 Å². The van der Waals surface area contributed by atoms with Crippen molar-refractivity contribution in [3.63, 3.8) is 0 Å². The number of hydrogen-bond acceptors (Lipinski definition) is 6. The third kappa shape index (κ3) is 3.45. The Hall–Kier alpha value is -3.29. The molecule has 0 bridgehead atoms. The standard InChI is InChI=1S/C23H19ClN6S/c1-3-17-19(15-8-10-16(24)11-9-15)22-28-27-20(21(25)30(22)29-17)23-26-18(12-31-23)14-6-4-13(2)5-7-14/h4-12H,3,25H2,1-2H3. The SMILES string of the molecule is CCc1nn2c(N)c(-c3nc(-c4ccc(C)cc4)cs3)nnc2c1-c1ccc(Cl)cc1. The first-order valence-electron chi connectivity index (χ1n) is 9.87. The van der Waals surface area contributed by atoms with Crippen LogP contribution in [0.15, 0.2) is 53.9 Å². The van der Waals surface area contributed by atoms with Gasteiger partial charge in [0.05, 0.1) is 17.0 Å². The van der Waals surface area contributed by atoms with Gasteiger partial charge in [0, 0.05) is 16.0 Å². The predicted octanol–water partition coefficient (Wildman–Crippen LogP) is 5.69. The predicted molar refractivity (Wildman–Crippen MR) is 126 cm³/mol. The van der Waals surface area contributed by atoms with Crippen molar-refractivity contribution in [2.24, 2.45) is 0 Å². The van der Waals surface area contributed by atoms with E-state index < -0.39 is 0 Å². The smallest absolute Gasteiger partial charge is 0.187 e. The molecule has 3 aromatic heterocycles. The molecule has 0 saturated carbocycles. The normalized spacial score (nSPS) is 11.3. The summed E-state index contributed by atoms with van der Waals surface area (Å²) in [4.78, 5) is 4.75. The van der Waals surface area contributed by atoms with Crippen LogP contribution in [0.25, 0.3) is 38.7 Å². The lowest BCUT2D eigenvalue weighted by Gasteiger charge is -2.04. The van der Waals surface area contributed by atoms with E-state index in [1.807, 2.05) is 29.6 Å². The van der Waals surface area contributed by atoms with Gasteiger partial charge in [0.25, 0.3) is 0 Å². The number of fused-ring (bicyclic) bond motifs is 1. The lowest BCUT2D eigenvalue weighted by molar-refractivity contribution is 0.872. The van der Waals surface area contributed by atoms with Crippen molar-refractivity contribution in [3.05, 3.63) is 70.2 Å². The average Bonchev–Trinajstić information content (AvgIpc) is 3.41. The zero-order valence-electron chi connectivity index (χ0n) is 17.0. The first-order valence-corrected chi connectivity index (χ1v) is 11.1. The van der Waals surface area contributed by atoms with E-state index in [0.29, 0.717) is 27.2 Å². The third-order valence-corrected chi connectivity index (χ3v) is 6.27. The van der Waals surface area contributed by atoms with E-state index >= 15 is 0 Å². The first-order chi connectivity index (χ1) is 15.0. The van der Waals surface area contributed by atoms with Gasteiger partial charge in [-0.05, 0) is 31.0 Å². The quantitative estimate of drug-likeness (QED) is 0.383. The molecule has 0 aliphatic rings. The minimum Gasteiger partial charge on any atom is -0.382 e. The van der Waals surface area contributed by atoms with E-state index in [4.69, 9.17) is 27.4 Å². The number of hydrogen-bond donors (Lipinski definition) is 1. The topological polar surface area (TPSA) is 82.0 Å². The summed E-state index contributed by atoms with van der Waals surface area (Å²) in [5.74, 6) is 0.421. The number of aromatic nitrogens is 5. The van der Waals surface area contributed by atoms with Gasteiger partial charge < -0.3 is 5.73 Å². The maximum absolute atomic E-state index is 6.50.